The van der Waals surface area contributed by atoms with Crippen LogP contribution < -0.4 is 10.1 Å². The van der Waals surface area contributed by atoms with Crippen LogP contribution in [0.3, 0.4) is 0 Å². The summed E-state index contributed by atoms with van der Waals surface area (Å²) >= 11 is 1.45. The summed E-state index contributed by atoms with van der Waals surface area (Å²) in [5.74, 6) is 0.980. The SMILES string of the molecule is COc1cccc(CCNC(=O)c2nnn(-c3ccccc3)c2CSc2nc(C)cc(C)n2)c1. The number of hydrogen-bond acceptors (Lipinski definition) is 7. The summed E-state index contributed by atoms with van der Waals surface area (Å²) in [6.45, 7) is 4.35. The zero-order valence-electron chi connectivity index (χ0n) is 19.4. The number of para-hydroxylation sites is 1. The topological polar surface area (TPSA) is 94.8 Å². The van der Waals surface area contributed by atoms with Crippen LogP contribution in [-0.4, -0.2) is 44.5 Å². The molecule has 1 N–H and O–H groups in total. The Balaban J connectivity index is 1.52. The Morgan fingerprint density at radius 2 is 1.79 bits per heavy atom. The fraction of sp³-hybridized carbons (Fsp3) is 0.240. The molecule has 2 aromatic carbocycles. The van der Waals surface area contributed by atoms with Gasteiger partial charge in [-0.2, -0.15) is 0 Å². The molecule has 0 aliphatic carbocycles. The molecule has 8 nitrogen and oxygen atoms in total. The third-order valence-corrected chi connectivity index (χ3v) is 5.97. The molecular weight excluding hydrogens is 448 g/mol. The first-order valence-corrected chi connectivity index (χ1v) is 11.9. The van der Waals surface area contributed by atoms with E-state index in [-0.39, 0.29) is 5.91 Å². The Morgan fingerprint density at radius 1 is 1.03 bits per heavy atom. The second kappa shape index (κ2) is 10.9. The number of nitrogens with one attached hydrogen (secondary N) is 1. The monoisotopic (exact) mass is 474 g/mol. The van der Waals surface area contributed by atoms with Gasteiger partial charge in [-0.3, -0.25) is 4.79 Å². The van der Waals surface area contributed by atoms with Crippen molar-refractivity contribution in [2.45, 2.75) is 31.2 Å². The third-order valence-electron chi connectivity index (χ3n) is 5.11. The van der Waals surface area contributed by atoms with Gasteiger partial charge < -0.3 is 10.1 Å². The molecule has 1 amide bonds. The number of ether oxygens (including phenoxy) is 1. The first-order valence-electron chi connectivity index (χ1n) is 10.9. The van der Waals surface area contributed by atoms with E-state index < -0.39 is 0 Å². The van der Waals surface area contributed by atoms with E-state index in [1.807, 2.05) is 74.5 Å². The van der Waals surface area contributed by atoms with E-state index in [9.17, 15) is 4.79 Å². The number of carbonyl (C=O) groups excluding carboxylic acids is 1. The van der Waals surface area contributed by atoms with Crippen molar-refractivity contribution in [2.24, 2.45) is 0 Å². The Bertz CT molecular complexity index is 1260. The summed E-state index contributed by atoms with van der Waals surface area (Å²) in [5, 5.41) is 12.1. The largest absolute Gasteiger partial charge is 0.497 e. The Labute approximate surface area is 202 Å². The molecule has 0 saturated carbocycles. The smallest absolute Gasteiger partial charge is 0.273 e. The molecule has 0 aliphatic rings. The van der Waals surface area contributed by atoms with Crippen LogP contribution in [0.1, 0.15) is 33.1 Å². The number of nitrogens with zero attached hydrogens (tertiary/aromatic N) is 5. The lowest BCUT2D eigenvalue weighted by Gasteiger charge is -2.09. The number of methoxy groups -OCH3 is 1. The van der Waals surface area contributed by atoms with Gasteiger partial charge in [-0.25, -0.2) is 14.6 Å². The summed E-state index contributed by atoms with van der Waals surface area (Å²) in [6, 6.07) is 19.4. The molecule has 0 unspecified atom stereocenters. The summed E-state index contributed by atoms with van der Waals surface area (Å²) in [5.41, 5.74) is 4.71. The van der Waals surface area contributed by atoms with Crippen molar-refractivity contribution in [3.05, 3.63) is 89.0 Å². The van der Waals surface area contributed by atoms with Gasteiger partial charge in [0, 0.05) is 23.7 Å². The number of aromatic nitrogens is 5. The fourth-order valence-corrected chi connectivity index (χ4v) is 4.45. The maximum absolute atomic E-state index is 13.1. The second-order valence-electron chi connectivity index (χ2n) is 7.71. The first-order chi connectivity index (χ1) is 16.5. The predicted octanol–water partition coefficient (Wildman–Crippen LogP) is 3.95. The Hall–Kier alpha value is -3.72. The number of aryl methyl sites for hydroxylation is 2. The molecule has 0 radical (unpaired) electrons. The van der Waals surface area contributed by atoms with Gasteiger partial charge in [0.05, 0.1) is 18.5 Å². The van der Waals surface area contributed by atoms with E-state index in [4.69, 9.17) is 4.74 Å². The molecule has 2 heterocycles. The molecular formula is C25H26N6O2S. The molecule has 2 aromatic heterocycles. The first kappa shape index (κ1) is 23.4. The molecule has 0 bridgehead atoms. The van der Waals surface area contributed by atoms with Crippen molar-refractivity contribution in [1.29, 1.82) is 0 Å². The van der Waals surface area contributed by atoms with Gasteiger partial charge in [0.15, 0.2) is 10.9 Å². The predicted molar refractivity (Wildman–Crippen MR) is 131 cm³/mol. The van der Waals surface area contributed by atoms with Crippen molar-refractivity contribution in [3.63, 3.8) is 0 Å². The van der Waals surface area contributed by atoms with Crippen LogP contribution in [0.15, 0.2) is 65.8 Å². The van der Waals surface area contributed by atoms with Crippen molar-refractivity contribution in [3.8, 4) is 11.4 Å². The molecule has 0 spiro atoms. The summed E-state index contributed by atoms with van der Waals surface area (Å²) in [6.07, 6.45) is 0.677. The van der Waals surface area contributed by atoms with Gasteiger partial charge in [0.1, 0.15) is 5.75 Å². The zero-order chi connectivity index (χ0) is 23.9. The Morgan fingerprint density at radius 3 is 2.53 bits per heavy atom. The highest BCUT2D eigenvalue weighted by molar-refractivity contribution is 7.98. The van der Waals surface area contributed by atoms with Crippen LogP contribution in [0.5, 0.6) is 5.75 Å². The van der Waals surface area contributed by atoms with E-state index in [1.165, 1.54) is 11.8 Å². The lowest BCUT2D eigenvalue weighted by molar-refractivity contribution is 0.0948. The van der Waals surface area contributed by atoms with Gasteiger partial charge in [-0.05, 0) is 56.2 Å². The number of amides is 1. The average Bonchev–Trinajstić information content (AvgIpc) is 3.27. The maximum Gasteiger partial charge on any atom is 0.273 e. The zero-order valence-corrected chi connectivity index (χ0v) is 20.2. The van der Waals surface area contributed by atoms with E-state index in [0.29, 0.717) is 35.3 Å². The molecule has 9 heteroatoms. The van der Waals surface area contributed by atoms with Crippen LogP contribution in [-0.2, 0) is 12.2 Å². The van der Waals surface area contributed by atoms with Gasteiger partial charge in [0.2, 0.25) is 0 Å². The van der Waals surface area contributed by atoms with Crippen molar-refractivity contribution >= 4 is 17.7 Å². The summed E-state index contributed by atoms with van der Waals surface area (Å²) in [7, 11) is 1.64. The van der Waals surface area contributed by atoms with Crippen molar-refractivity contribution in [2.75, 3.05) is 13.7 Å². The quantitative estimate of drug-likeness (QED) is 0.290. The maximum atomic E-state index is 13.1. The molecule has 0 saturated heterocycles. The number of benzene rings is 2. The number of rotatable bonds is 9. The highest BCUT2D eigenvalue weighted by Crippen LogP contribution is 2.23. The lowest BCUT2D eigenvalue weighted by Crippen LogP contribution is -2.27. The van der Waals surface area contributed by atoms with Crippen LogP contribution in [0.2, 0.25) is 0 Å². The highest BCUT2D eigenvalue weighted by Gasteiger charge is 2.21. The van der Waals surface area contributed by atoms with Gasteiger partial charge >= 0.3 is 0 Å². The molecule has 4 aromatic rings. The van der Waals surface area contributed by atoms with E-state index in [0.717, 1.165) is 28.4 Å². The van der Waals surface area contributed by atoms with E-state index >= 15 is 0 Å². The van der Waals surface area contributed by atoms with Crippen LogP contribution in [0, 0.1) is 13.8 Å². The molecule has 0 atom stereocenters. The van der Waals surface area contributed by atoms with Crippen LogP contribution in [0.25, 0.3) is 5.69 Å². The minimum Gasteiger partial charge on any atom is -0.497 e. The van der Waals surface area contributed by atoms with Crippen LogP contribution in [0.4, 0.5) is 0 Å². The van der Waals surface area contributed by atoms with Gasteiger partial charge in [-0.1, -0.05) is 47.3 Å². The normalized spacial score (nSPS) is 10.8. The number of hydrogen-bond donors (Lipinski definition) is 1. The summed E-state index contributed by atoms with van der Waals surface area (Å²) in [4.78, 5) is 22.0. The third kappa shape index (κ3) is 5.79. The average molecular weight is 475 g/mol. The summed E-state index contributed by atoms with van der Waals surface area (Å²) < 4.78 is 6.97. The van der Waals surface area contributed by atoms with Gasteiger partial charge in [-0.15, -0.1) is 5.10 Å². The number of thioether (sulfide) groups is 1. The van der Waals surface area contributed by atoms with E-state index in [1.54, 1.807) is 11.8 Å². The lowest BCUT2D eigenvalue weighted by atomic mass is 10.1. The second-order valence-corrected chi connectivity index (χ2v) is 8.65. The molecule has 0 aliphatic heterocycles. The minimum atomic E-state index is -0.262. The van der Waals surface area contributed by atoms with Crippen LogP contribution >= 0.6 is 11.8 Å². The molecule has 0 fully saturated rings. The standard InChI is InChI=1S/C25H26N6O2S/c1-17-14-18(2)28-25(27-17)34-16-22-23(29-30-31(22)20-9-5-4-6-10-20)24(32)26-13-12-19-8-7-11-21(15-19)33-3/h4-11,14-15H,12-13,16H2,1-3H3,(H,26,32). The Kier molecular flexibility index (Phi) is 7.54. The fourth-order valence-electron chi connectivity index (χ4n) is 3.51. The molecule has 174 valence electrons. The van der Waals surface area contributed by atoms with Crippen molar-refractivity contribution in [1.82, 2.24) is 30.3 Å². The van der Waals surface area contributed by atoms with Gasteiger partial charge in [0.25, 0.3) is 5.91 Å². The molecule has 4 rings (SSSR count). The van der Waals surface area contributed by atoms with E-state index in [2.05, 4.69) is 25.6 Å². The minimum absolute atomic E-state index is 0.262. The number of carbonyl (C=O) groups is 1. The highest BCUT2D eigenvalue weighted by atomic mass is 32.2. The van der Waals surface area contributed by atoms with Crippen molar-refractivity contribution < 1.29 is 9.53 Å². The molecule has 34 heavy (non-hydrogen) atoms.